The second kappa shape index (κ2) is 9.25. The third-order valence-corrected chi connectivity index (χ3v) is 6.43. The van der Waals surface area contributed by atoms with Crippen LogP contribution in [0.15, 0.2) is 42.5 Å². The first kappa shape index (κ1) is 22.8. The van der Waals surface area contributed by atoms with E-state index in [9.17, 15) is 22.8 Å². The first-order chi connectivity index (χ1) is 15.8. The number of piperidine rings is 1. The fourth-order valence-electron chi connectivity index (χ4n) is 4.70. The number of ether oxygens (including phenoxy) is 1. The number of rotatable bonds is 4. The Bertz CT molecular complexity index is 1230. The molecule has 4 rings (SSSR count). The van der Waals surface area contributed by atoms with Gasteiger partial charge in [-0.25, -0.2) is 13.2 Å². The molecule has 3 aromatic carbocycles. The third kappa shape index (κ3) is 4.58. The number of halogens is 3. The zero-order chi connectivity index (χ0) is 23.7. The van der Waals surface area contributed by atoms with Gasteiger partial charge >= 0.3 is 5.97 Å². The van der Waals surface area contributed by atoms with Crippen LogP contribution in [0.3, 0.4) is 0 Å². The van der Waals surface area contributed by atoms with Crippen molar-refractivity contribution in [2.45, 2.75) is 32.1 Å². The summed E-state index contributed by atoms with van der Waals surface area (Å²) in [4.78, 5) is 26.2. The predicted octanol–water partition coefficient (Wildman–Crippen LogP) is 5.30. The molecule has 1 fully saturated rings. The summed E-state index contributed by atoms with van der Waals surface area (Å²) in [5, 5.41) is 1.61. The van der Waals surface area contributed by atoms with E-state index in [-0.39, 0.29) is 29.7 Å². The molecule has 33 heavy (non-hydrogen) atoms. The Kier molecular flexibility index (Phi) is 6.40. The lowest BCUT2D eigenvalue weighted by Gasteiger charge is -2.34. The van der Waals surface area contributed by atoms with Gasteiger partial charge in [0.15, 0.2) is 0 Å². The number of benzene rings is 3. The Labute approximate surface area is 190 Å². The summed E-state index contributed by atoms with van der Waals surface area (Å²) in [5.74, 6) is -2.65. The van der Waals surface area contributed by atoms with E-state index in [0.29, 0.717) is 25.9 Å². The highest BCUT2D eigenvalue weighted by Gasteiger charge is 2.29. The highest BCUT2D eigenvalue weighted by atomic mass is 19.1. The van der Waals surface area contributed by atoms with Crippen molar-refractivity contribution in [3.8, 4) is 0 Å². The predicted molar refractivity (Wildman–Crippen MR) is 119 cm³/mol. The smallest absolute Gasteiger partial charge is 0.309 e. The summed E-state index contributed by atoms with van der Waals surface area (Å²) in [5.41, 5.74) is 2.39. The highest BCUT2D eigenvalue weighted by molar-refractivity contribution is 5.94. The fraction of sp³-hybridized carbons (Fsp3) is 0.308. The van der Waals surface area contributed by atoms with Gasteiger partial charge in [-0.1, -0.05) is 12.1 Å². The van der Waals surface area contributed by atoms with E-state index < -0.39 is 17.5 Å². The van der Waals surface area contributed by atoms with Gasteiger partial charge < -0.3 is 9.64 Å². The van der Waals surface area contributed by atoms with Crippen molar-refractivity contribution in [2.24, 2.45) is 0 Å². The lowest BCUT2D eigenvalue weighted by Crippen LogP contribution is -2.38. The van der Waals surface area contributed by atoms with E-state index in [2.05, 4.69) is 0 Å². The van der Waals surface area contributed by atoms with E-state index in [1.54, 1.807) is 6.07 Å². The largest absolute Gasteiger partial charge is 0.469 e. The molecule has 1 amide bonds. The molecular formula is C26H24F3NO3. The molecule has 0 aromatic heterocycles. The van der Waals surface area contributed by atoms with Gasteiger partial charge in [0.1, 0.15) is 17.5 Å². The summed E-state index contributed by atoms with van der Waals surface area (Å²) in [6.07, 6.45) is 1.27. The summed E-state index contributed by atoms with van der Waals surface area (Å²) in [6.45, 7) is 2.63. The Balaban J connectivity index is 1.64. The van der Waals surface area contributed by atoms with Gasteiger partial charge in [-0.15, -0.1) is 0 Å². The van der Waals surface area contributed by atoms with Crippen LogP contribution in [-0.2, 0) is 16.0 Å². The lowest BCUT2D eigenvalue weighted by atomic mass is 9.81. The molecule has 172 valence electrons. The molecule has 4 nitrogen and oxygen atoms in total. The monoisotopic (exact) mass is 455 g/mol. The number of hydrogen-bond acceptors (Lipinski definition) is 3. The standard InChI is InChI=1S/C26H24F3NO3/c1-15-18(12-24(31)33-2)11-17-3-4-19(27)13-21(17)25(15)16-7-9-30(10-8-16)26(32)22-14-20(28)5-6-23(22)29/h3-6,11,13-14,16H,7-10,12H2,1-2H3. The Morgan fingerprint density at radius 3 is 2.36 bits per heavy atom. The number of methoxy groups -OCH3 is 1. The maximum absolute atomic E-state index is 14.1. The van der Waals surface area contributed by atoms with Crippen molar-refractivity contribution in [3.63, 3.8) is 0 Å². The zero-order valence-electron chi connectivity index (χ0n) is 18.5. The van der Waals surface area contributed by atoms with Gasteiger partial charge in [-0.2, -0.15) is 0 Å². The van der Waals surface area contributed by atoms with E-state index >= 15 is 0 Å². The van der Waals surface area contributed by atoms with Crippen LogP contribution in [0.4, 0.5) is 13.2 Å². The lowest BCUT2D eigenvalue weighted by molar-refractivity contribution is -0.139. The Hall–Kier alpha value is -3.35. The maximum Gasteiger partial charge on any atom is 0.309 e. The highest BCUT2D eigenvalue weighted by Crippen LogP contribution is 2.38. The SMILES string of the molecule is COC(=O)Cc1cc2ccc(F)cc2c(C2CCN(C(=O)c3cc(F)ccc3F)CC2)c1C. The molecule has 0 atom stereocenters. The molecule has 0 unspecified atom stereocenters. The van der Waals surface area contributed by atoms with Crippen molar-refractivity contribution < 1.29 is 27.5 Å². The molecule has 0 N–H and O–H groups in total. The second-order valence-electron chi connectivity index (χ2n) is 8.38. The van der Waals surface area contributed by atoms with Crippen LogP contribution in [-0.4, -0.2) is 37.0 Å². The van der Waals surface area contributed by atoms with Gasteiger partial charge in [0.2, 0.25) is 0 Å². The molecule has 0 radical (unpaired) electrons. The molecule has 0 aliphatic carbocycles. The van der Waals surface area contributed by atoms with Crippen LogP contribution in [0.25, 0.3) is 10.8 Å². The summed E-state index contributed by atoms with van der Waals surface area (Å²) in [6, 6.07) is 9.31. The average Bonchev–Trinajstić information content (AvgIpc) is 2.81. The third-order valence-electron chi connectivity index (χ3n) is 6.43. The molecular weight excluding hydrogens is 431 g/mol. The number of likely N-dealkylation sites (tertiary alicyclic amines) is 1. The van der Waals surface area contributed by atoms with Crippen LogP contribution < -0.4 is 0 Å². The summed E-state index contributed by atoms with van der Waals surface area (Å²) in [7, 11) is 1.34. The number of nitrogens with zero attached hydrogens (tertiary/aromatic N) is 1. The Morgan fingerprint density at radius 2 is 1.67 bits per heavy atom. The van der Waals surface area contributed by atoms with E-state index in [0.717, 1.165) is 45.7 Å². The van der Waals surface area contributed by atoms with Crippen molar-refractivity contribution in [1.82, 2.24) is 4.90 Å². The number of amides is 1. The number of esters is 1. The first-order valence-corrected chi connectivity index (χ1v) is 10.8. The molecule has 0 saturated carbocycles. The van der Waals surface area contributed by atoms with Crippen molar-refractivity contribution in [1.29, 1.82) is 0 Å². The van der Waals surface area contributed by atoms with Crippen LogP contribution >= 0.6 is 0 Å². The number of carbonyl (C=O) groups excluding carboxylic acids is 2. The molecule has 1 heterocycles. The molecule has 1 aliphatic rings. The van der Waals surface area contributed by atoms with Gasteiger partial charge in [0, 0.05) is 13.1 Å². The van der Waals surface area contributed by atoms with Crippen LogP contribution in [0.5, 0.6) is 0 Å². The Morgan fingerprint density at radius 1 is 1.00 bits per heavy atom. The first-order valence-electron chi connectivity index (χ1n) is 10.8. The van der Waals surface area contributed by atoms with Crippen LogP contribution in [0.2, 0.25) is 0 Å². The number of fused-ring (bicyclic) bond motifs is 1. The average molecular weight is 455 g/mol. The minimum absolute atomic E-state index is 0.0216. The van der Waals surface area contributed by atoms with Crippen LogP contribution in [0, 0.1) is 24.4 Å². The molecule has 0 bridgehead atoms. The van der Waals surface area contributed by atoms with Crippen LogP contribution in [0.1, 0.15) is 45.8 Å². The zero-order valence-corrected chi connectivity index (χ0v) is 18.5. The molecule has 0 spiro atoms. The van der Waals surface area contributed by atoms with Crippen molar-refractivity contribution in [2.75, 3.05) is 20.2 Å². The van der Waals surface area contributed by atoms with Gasteiger partial charge in [0.05, 0.1) is 19.1 Å². The number of hydrogen-bond donors (Lipinski definition) is 0. The summed E-state index contributed by atoms with van der Waals surface area (Å²) >= 11 is 0. The molecule has 1 saturated heterocycles. The quantitative estimate of drug-likeness (QED) is 0.502. The maximum atomic E-state index is 14.1. The topological polar surface area (TPSA) is 46.6 Å². The molecule has 7 heteroatoms. The van der Waals surface area contributed by atoms with E-state index in [1.165, 1.54) is 24.1 Å². The number of carbonyl (C=O) groups is 2. The minimum atomic E-state index is -0.753. The molecule has 3 aromatic rings. The van der Waals surface area contributed by atoms with E-state index in [1.807, 2.05) is 13.0 Å². The normalized spacial score (nSPS) is 14.5. The van der Waals surface area contributed by atoms with Gasteiger partial charge in [0.25, 0.3) is 5.91 Å². The van der Waals surface area contributed by atoms with E-state index in [4.69, 9.17) is 4.74 Å². The van der Waals surface area contributed by atoms with Gasteiger partial charge in [-0.3, -0.25) is 9.59 Å². The minimum Gasteiger partial charge on any atom is -0.469 e. The molecule has 1 aliphatic heterocycles. The fourth-order valence-corrected chi connectivity index (χ4v) is 4.70. The van der Waals surface area contributed by atoms with Gasteiger partial charge in [-0.05, 0) is 83.5 Å². The van der Waals surface area contributed by atoms with Crippen molar-refractivity contribution in [3.05, 3.63) is 82.2 Å². The van der Waals surface area contributed by atoms with Crippen molar-refractivity contribution >= 4 is 22.6 Å². The second-order valence-corrected chi connectivity index (χ2v) is 8.38. The summed E-state index contributed by atoms with van der Waals surface area (Å²) < 4.78 is 46.5.